The Morgan fingerprint density at radius 1 is 1.50 bits per heavy atom. The molecular formula is C13H22N4O3. The Morgan fingerprint density at radius 3 is 2.75 bits per heavy atom. The fraction of sp³-hybridized carbons (Fsp3) is 0.769. The molecule has 0 saturated carbocycles. The summed E-state index contributed by atoms with van der Waals surface area (Å²) < 4.78 is 10.0. The molecule has 1 aromatic rings. The molecule has 1 amide bonds. The Labute approximate surface area is 118 Å². The highest BCUT2D eigenvalue weighted by Crippen LogP contribution is 2.15. The topological polar surface area (TPSA) is 80.5 Å². The van der Waals surface area contributed by atoms with Gasteiger partial charge in [0.25, 0.3) is 0 Å². The maximum atomic E-state index is 11.9. The van der Waals surface area contributed by atoms with Crippen LogP contribution in [0, 0.1) is 0 Å². The minimum Gasteiger partial charge on any atom is -0.444 e. The highest BCUT2D eigenvalue weighted by atomic mass is 16.6. The van der Waals surface area contributed by atoms with Crippen molar-refractivity contribution in [3.63, 3.8) is 0 Å². The summed E-state index contributed by atoms with van der Waals surface area (Å²) in [6.45, 7) is 7.64. The van der Waals surface area contributed by atoms with Crippen LogP contribution in [0.3, 0.4) is 0 Å². The number of aromatic nitrogens is 2. The van der Waals surface area contributed by atoms with Gasteiger partial charge in [-0.2, -0.15) is 4.98 Å². The van der Waals surface area contributed by atoms with Crippen molar-refractivity contribution in [3.05, 3.63) is 12.2 Å². The zero-order valence-electron chi connectivity index (χ0n) is 12.3. The number of ether oxygens (including phenoxy) is 1. The minimum absolute atomic E-state index is 0.228. The molecule has 0 atom stereocenters. The SMILES string of the molecule is CC(C)(C)OC(=O)N1CCC(NCc2ncon2)CC1. The van der Waals surface area contributed by atoms with E-state index in [1.165, 1.54) is 6.39 Å². The lowest BCUT2D eigenvalue weighted by molar-refractivity contribution is 0.0198. The van der Waals surface area contributed by atoms with Gasteiger partial charge in [-0.05, 0) is 33.6 Å². The monoisotopic (exact) mass is 282 g/mol. The third-order valence-corrected chi connectivity index (χ3v) is 3.10. The minimum atomic E-state index is -0.440. The molecule has 2 heterocycles. The van der Waals surface area contributed by atoms with Crippen LogP contribution in [-0.2, 0) is 11.3 Å². The number of hydrogen-bond acceptors (Lipinski definition) is 6. The van der Waals surface area contributed by atoms with Crippen LogP contribution in [0.1, 0.15) is 39.4 Å². The van der Waals surface area contributed by atoms with Gasteiger partial charge in [0.15, 0.2) is 5.82 Å². The molecule has 20 heavy (non-hydrogen) atoms. The van der Waals surface area contributed by atoms with E-state index >= 15 is 0 Å². The van der Waals surface area contributed by atoms with Crippen LogP contribution in [0.4, 0.5) is 4.79 Å². The lowest BCUT2D eigenvalue weighted by atomic mass is 10.1. The number of piperidine rings is 1. The smallest absolute Gasteiger partial charge is 0.410 e. The van der Waals surface area contributed by atoms with E-state index in [2.05, 4.69) is 20.0 Å². The number of carbonyl (C=O) groups excluding carboxylic acids is 1. The molecule has 112 valence electrons. The zero-order chi connectivity index (χ0) is 14.6. The van der Waals surface area contributed by atoms with Gasteiger partial charge in [0.05, 0.1) is 6.54 Å². The van der Waals surface area contributed by atoms with Crippen molar-refractivity contribution in [2.45, 2.75) is 51.8 Å². The molecule has 0 radical (unpaired) electrons. The molecule has 1 N–H and O–H groups in total. The summed E-state index contributed by atoms with van der Waals surface area (Å²) in [4.78, 5) is 17.6. The second kappa shape index (κ2) is 6.21. The molecule has 1 aliphatic rings. The van der Waals surface area contributed by atoms with Crippen LogP contribution >= 0.6 is 0 Å². The van der Waals surface area contributed by atoms with Crippen molar-refractivity contribution in [3.8, 4) is 0 Å². The molecule has 0 unspecified atom stereocenters. The molecule has 1 aromatic heterocycles. The Hall–Kier alpha value is -1.63. The quantitative estimate of drug-likeness (QED) is 0.906. The number of likely N-dealkylation sites (tertiary alicyclic amines) is 1. The summed E-state index contributed by atoms with van der Waals surface area (Å²) in [6, 6.07) is 0.368. The average Bonchev–Trinajstić information content (AvgIpc) is 2.88. The number of hydrogen-bond donors (Lipinski definition) is 1. The number of carbonyl (C=O) groups is 1. The summed E-state index contributed by atoms with van der Waals surface area (Å²) >= 11 is 0. The van der Waals surface area contributed by atoms with Gasteiger partial charge in [0.2, 0.25) is 6.39 Å². The first-order valence-corrected chi connectivity index (χ1v) is 6.90. The normalized spacial score (nSPS) is 17.2. The van der Waals surface area contributed by atoms with Crippen molar-refractivity contribution in [1.82, 2.24) is 20.4 Å². The third kappa shape index (κ3) is 4.48. The van der Waals surface area contributed by atoms with E-state index in [0.717, 1.165) is 12.8 Å². The molecule has 1 saturated heterocycles. The maximum Gasteiger partial charge on any atom is 0.410 e. The van der Waals surface area contributed by atoms with Crippen LogP contribution in [-0.4, -0.2) is 45.9 Å². The Balaban J connectivity index is 1.71. The average molecular weight is 282 g/mol. The number of nitrogens with zero attached hydrogens (tertiary/aromatic N) is 3. The summed E-state index contributed by atoms with van der Waals surface area (Å²) in [5.74, 6) is 0.652. The van der Waals surface area contributed by atoms with Crippen LogP contribution in [0.5, 0.6) is 0 Å². The van der Waals surface area contributed by atoms with Gasteiger partial charge in [-0.15, -0.1) is 0 Å². The predicted octanol–water partition coefficient (Wildman–Crippen LogP) is 1.56. The highest BCUT2D eigenvalue weighted by molar-refractivity contribution is 5.68. The van der Waals surface area contributed by atoms with Gasteiger partial charge in [-0.1, -0.05) is 5.16 Å². The molecule has 1 fully saturated rings. The number of amides is 1. The largest absolute Gasteiger partial charge is 0.444 e. The Kier molecular flexibility index (Phi) is 4.59. The zero-order valence-corrected chi connectivity index (χ0v) is 12.3. The van der Waals surface area contributed by atoms with Gasteiger partial charge in [-0.3, -0.25) is 0 Å². The molecule has 1 aliphatic heterocycles. The molecule has 2 rings (SSSR count). The van der Waals surface area contributed by atoms with Crippen LogP contribution in [0.25, 0.3) is 0 Å². The fourth-order valence-corrected chi connectivity index (χ4v) is 2.10. The lowest BCUT2D eigenvalue weighted by Gasteiger charge is -2.33. The van der Waals surface area contributed by atoms with Crippen LogP contribution < -0.4 is 5.32 Å². The lowest BCUT2D eigenvalue weighted by Crippen LogP contribution is -2.46. The number of nitrogens with one attached hydrogen (secondary N) is 1. The van der Waals surface area contributed by atoms with Gasteiger partial charge in [0.1, 0.15) is 5.60 Å². The van der Waals surface area contributed by atoms with Gasteiger partial charge < -0.3 is 19.5 Å². The Bertz CT molecular complexity index is 419. The molecule has 0 bridgehead atoms. The summed E-state index contributed by atoms with van der Waals surface area (Å²) in [7, 11) is 0. The molecule has 0 aromatic carbocycles. The van der Waals surface area contributed by atoms with Gasteiger partial charge >= 0.3 is 6.09 Å². The highest BCUT2D eigenvalue weighted by Gasteiger charge is 2.26. The van der Waals surface area contributed by atoms with E-state index in [1.807, 2.05) is 20.8 Å². The second-order valence-electron chi connectivity index (χ2n) is 5.97. The third-order valence-electron chi connectivity index (χ3n) is 3.10. The molecular weight excluding hydrogens is 260 g/mol. The summed E-state index contributed by atoms with van der Waals surface area (Å²) in [6.07, 6.45) is 2.89. The summed E-state index contributed by atoms with van der Waals surface area (Å²) in [5.41, 5.74) is -0.440. The first-order chi connectivity index (χ1) is 9.44. The predicted molar refractivity (Wildman–Crippen MR) is 72.0 cm³/mol. The molecule has 0 spiro atoms. The number of rotatable bonds is 3. The maximum absolute atomic E-state index is 11.9. The summed E-state index contributed by atoms with van der Waals surface area (Å²) in [5, 5.41) is 7.12. The first-order valence-electron chi connectivity index (χ1n) is 6.90. The molecule has 7 heteroatoms. The van der Waals surface area contributed by atoms with Crippen molar-refractivity contribution in [2.75, 3.05) is 13.1 Å². The fourth-order valence-electron chi connectivity index (χ4n) is 2.10. The second-order valence-corrected chi connectivity index (χ2v) is 5.97. The van der Waals surface area contributed by atoms with Gasteiger partial charge in [0, 0.05) is 19.1 Å². The van der Waals surface area contributed by atoms with Crippen LogP contribution in [0.15, 0.2) is 10.9 Å². The van der Waals surface area contributed by atoms with E-state index in [1.54, 1.807) is 4.90 Å². The van der Waals surface area contributed by atoms with E-state index in [-0.39, 0.29) is 6.09 Å². The van der Waals surface area contributed by atoms with Crippen molar-refractivity contribution in [1.29, 1.82) is 0 Å². The van der Waals surface area contributed by atoms with E-state index in [0.29, 0.717) is 31.5 Å². The van der Waals surface area contributed by atoms with Crippen molar-refractivity contribution < 1.29 is 14.1 Å². The molecule has 7 nitrogen and oxygen atoms in total. The van der Waals surface area contributed by atoms with E-state index < -0.39 is 5.60 Å². The van der Waals surface area contributed by atoms with Gasteiger partial charge in [-0.25, -0.2) is 4.79 Å². The van der Waals surface area contributed by atoms with Crippen LogP contribution in [0.2, 0.25) is 0 Å². The molecule has 0 aliphatic carbocycles. The first kappa shape index (κ1) is 14.8. The van der Waals surface area contributed by atoms with E-state index in [9.17, 15) is 4.79 Å². The van der Waals surface area contributed by atoms with E-state index in [4.69, 9.17) is 4.74 Å². The standard InChI is InChI=1S/C13H22N4O3/c1-13(2,3)20-12(18)17-6-4-10(5-7-17)14-8-11-15-9-19-16-11/h9-10,14H,4-8H2,1-3H3. The Morgan fingerprint density at radius 2 is 2.20 bits per heavy atom. The van der Waals surface area contributed by atoms with Crippen molar-refractivity contribution in [2.24, 2.45) is 0 Å². The van der Waals surface area contributed by atoms with Crippen molar-refractivity contribution >= 4 is 6.09 Å².